The van der Waals surface area contributed by atoms with Crippen LogP contribution in [0.1, 0.15) is 16.1 Å². The van der Waals surface area contributed by atoms with Crippen molar-refractivity contribution < 1.29 is 9.59 Å². The van der Waals surface area contributed by atoms with E-state index in [-0.39, 0.29) is 24.2 Å². The van der Waals surface area contributed by atoms with Crippen LogP contribution in [0.4, 0.5) is 0 Å². The third-order valence-electron chi connectivity index (χ3n) is 5.12. The first kappa shape index (κ1) is 20.5. The number of carbonyl (C=O) groups is 2. The van der Waals surface area contributed by atoms with Gasteiger partial charge < -0.3 is 15.1 Å². The molecule has 0 aromatic carbocycles. The minimum Gasteiger partial charge on any atom is -0.340 e. The van der Waals surface area contributed by atoms with Gasteiger partial charge in [-0.05, 0) is 17.5 Å². The molecular weight excluding hydrogens is 404 g/mol. The number of carbonyl (C=O) groups excluding carboxylic acids is 2. The van der Waals surface area contributed by atoms with Gasteiger partial charge in [0, 0.05) is 74.7 Å². The summed E-state index contributed by atoms with van der Waals surface area (Å²) in [4.78, 5) is 32.0. The number of nitrogens with one attached hydrogen (secondary N) is 1. The Bertz CT molecular complexity index is 751. The van der Waals surface area contributed by atoms with E-state index in [2.05, 4.69) is 21.7 Å². The highest BCUT2D eigenvalue weighted by molar-refractivity contribution is 7.27. The predicted octanol–water partition coefficient (Wildman–Crippen LogP) is 1.96. The fourth-order valence-electron chi connectivity index (χ4n) is 3.53. The van der Waals surface area contributed by atoms with E-state index in [0.717, 1.165) is 63.8 Å². The first-order valence-corrected chi connectivity index (χ1v) is 10.9. The van der Waals surface area contributed by atoms with E-state index in [9.17, 15) is 9.59 Å². The normalized spacial score (nSPS) is 18.5. The number of thiophene rings is 2. The number of fused-ring (bicyclic) bond motifs is 1. The first-order chi connectivity index (χ1) is 12.7. The summed E-state index contributed by atoms with van der Waals surface area (Å²) in [5.74, 6) is 0.401. The molecule has 0 aliphatic carbocycles. The summed E-state index contributed by atoms with van der Waals surface area (Å²) in [5.41, 5.74) is 0. The minimum atomic E-state index is 0. The lowest BCUT2D eigenvalue weighted by Crippen LogP contribution is -2.50. The maximum absolute atomic E-state index is 12.7. The molecule has 0 spiro atoms. The Morgan fingerprint density at radius 2 is 1.74 bits per heavy atom. The Hall–Kier alpha value is -1.19. The van der Waals surface area contributed by atoms with E-state index in [1.165, 1.54) is 9.40 Å². The summed E-state index contributed by atoms with van der Waals surface area (Å²) in [6, 6.07) is 4.10. The van der Waals surface area contributed by atoms with Gasteiger partial charge in [-0.3, -0.25) is 14.5 Å². The Morgan fingerprint density at radius 3 is 2.44 bits per heavy atom. The Kier molecular flexibility index (Phi) is 7.10. The SMILES string of the molecule is Cl.O=C(CCN1CCN(C(=O)c2cc3sccc3s2)CC1)N1CCNCC1. The molecule has 2 amide bonds. The highest BCUT2D eigenvalue weighted by Crippen LogP contribution is 2.30. The zero-order chi connectivity index (χ0) is 17.9. The summed E-state index contributed by atoms with van der Waals surface area (Å²) in [7, 11) is 0. The molecule has 2 fully saturated rings. The fourth-order valence-corrected chi connectivity index (χ4v) is 5.60. The van der Waals surface area contributed by atoms with E-state index < -0.39 is 0 Å². The quantitative estimate of drug-likeness (QED) is 0.808. The topological polar surface area (TPSA) is 55.9 Å². The van der Waals surface area contributed by atoms with Crippen molar-refractivity contribution >= 4 is 56.3 Å². The molecule has 9 heteroatoms. The summed E-state index contributed by atoms with van der Waals surface area (Å²) >= 11 is 3.27. The van der Waals surface area contributed by atoms with Crippen LogP contribution in [-0.2, 0) is 4.79 Å². The molecule has 0 saturated carbocycles. The molecule has 0 radical (unpaired) electrons. The van der Waals surface area contributed by atoms with Crippen molar-refractivity contribution in [2.75, 3.05) is 58.9 Å². The standard InChI is InChI=1S/C18H24N4O2S2.ClH/c23-17(21-6-3-19-4-7-21)1-5-20-8-10-22(11-9-20)18(24)16-13-15-14(26-16)2-12-25-15;/h2,12-13,19H,1,3-11H2;1H. The van der Waals surface area contributed by atoms with Crippen LogP contribution in [0.15, 0.2) is 17.5 Å². The van der Waals surface area contributed by atoms with Gasteiger partial charge in [-0.1, -0.05) is 0 Å². The number of piperazine rings is 2. The lowest BCUT2D eigenvalue weighted by molar-refractivity contribution is -0.132. The van der Waals surface area contributed by atoms with Gasteiger partial charge in [0.25, 0.3) is 5.91 Å². The fraction of sp³-hybridized carbons (Fsp3) is 0.556. The lowest BCUT2D eigenvalue weighted by Gasteiger charge is -2.35. The molecule has 1 N–H and O–H groups in total. The second kappa shape index (κ2) is 9.34. The van der Waals surface area contributed by atoms with Crippen LogP contribution in [-0.4, -0.2) is 85.4 Å². The maximum Gasteiger partial charge on any atom is 0.264 e. The van der Waals surface area contributed by atoms with E-state index in [4.69, 9.17) is 0 Å². The van der Waals surface area contributed by atoms with Gasteiger partial charge in [0.05, 0.1) is 4.88 Å². The average molecular weight is 429 g/mol. The molecular formula is C18H25ClN4O2S2. The molecule has 0 bridgehead atoms. The monoisotopic (exact) mass is 428 g/mol. The van der Waals surface area contributed by atoms with Crippen LogP contribution in [0.25, 0.3) is 9.40 Å². The first-order valence-electron chi connectivity index (χ1n) is 9.18. The van der Waals surface area contributed by atoms with Gasteiger partial charge in [-0.25, -0.2) is 0 Å². The number of hydrogen-bond donors (Lipinski definition) is 1. The van der Waals surface area contributed by atoms with Gasteiger partial charge in [0.2, 0.25) is 5.91 Å². The molecule has 2 aliphatic heterocycles. The van der Waals surface area contributed by atoms with Crippen molar-refractivity contribution in [1.29, 1.82) is 0 Å². The molecule has 2 aliphatic rings. The lowest BCUT2D eigenvalue weighted by atomic mass is 10.2. The van der Waals surface area contributed by atoms with E-state index in [1.807, 2.05) is 15.9 Å². The van der Waals surface area contributed by atoms with Crippen LogP contribution in [0.2, 0.25) is 0 Å². The van der Waals surface area contributed by atoms with E-state index in [1.54, 1.807) is 22.7 Å². The highest BCUT2D eigenvalue weighted by atomic mass is 35.5. The maximum atomic E-state index is 12.7. The molecule has 2 saturated heterocycles. The van der Waals surface area contributed by atoms with Gasteiger partial charge in [0.1, 0.15) is 0 Å². The molecule has 4 rings (SSSR count). The predicted molar refractivity (Wildman–Crippen MR) is 113 cm³/mol. The minimum absolute atomic E-state index is 0. The van der Waals surface area contributed by atoms with Crippen molar-refractivity contribution in [3.8, 4) is 0 Å². The molecule has 4 heterocycles. The molecule has 148 valence electrons. The van der Waals surface area contributed by atoms with Crippen LogP contribution < -0.4 is 5.32 Å². The highest BCUT2D eigenvalue weighted by Gasteiger charge is 2.24. The number of rotatable bonds is 4. The van der Waals surface area contributed by atoms with Crippen molar-refractivity contribution in [2.45, 2.75) is 6.42 Å². The van der Waals surface area contributed by atoms with Crippen LogP contribution >= 0.6 is 35.1 Å². The summed E-state index contributed by atoms with van der Waals surface area (Å²) in [5, 5.41) is 5.34. The number of amides is 2. The van der Waals surface area contributed by atoms with Gasteiger partial charge in [0.15, 0.2) is 0 Å². The molecule has 0 atom stereocenters. The van der Waals surface area contributed by atoms with Crippen molar-refractivity contribution in [2.24, 2.45) is 0 Å². The van der Waals surface area contributed by atoms with Crippen molar-refractivity contribution in [1.82, 2.24) is 20.0 Å². The van der Waals surface area contributed by atoms with Crippen LogP contribution in [0, 0.1) is 0 Å². The van der Waals surface area contributed by atoms with Crippen molar-refractivity contribution in [3.05, 3.63) is 22.4 Å². The molecule has 2 aromatic heterocycles. The van der Waals surface area contributed by atoms with Crippen molar-refractivity contribution in [3.63, 3.8) is 0 Å². The summed E-state index contributed by atoms with van der Waals surface area (Å²) in [6.45, 7) is 7.40. The Morgan fingerprint density at radius 1 is 1.00 bits per heavy atom. The average Bonchev–Trinajstić information content (AvgIpc) is 3.29. The second-order valence-electron chi connectivity index (χ2n) is 6.77. The third-order valence-corrected chi connectivity index (χ3v) is 7.20. The molecule has 27 heavy (non-hydrogen) atoms. The van der Waals surface area contributed by atoms with Gasteiger partial charge in [-0.15, -0.1) is 35.1 Å². The number of halogens is 1. The third kappa shape index (κ3) is 4.81. The van der Waals surface area contributed by atoms with Gasteiger partial charge >= 0.3 is 0 Å². The Balaban J connectivity index is 0.00000210. The summed E-state index contributed by atoms with van der Waals surface area (Å²) in [6.07, 6.45) is 0.579. The van der Waals surface area contributed by atoms with Crippen LogP contribution in [0.5, 0.6) is 0 Å². The zero-order valence-electron chi connectivity index (χ0n) is 15.2. The zero-order valence-corrected chi connectivity index (χ0v) is 17.6. The number of nitrogens with zero attached hydrogens (tertiary/aromatic N) is 3. The van der Waals surface area contributed by atoms with Gasteiger partial charge in [-0.2, -0.15) is 0 Å². The smallest absolute Gasteiger partial charge is 0.264 e. The van der Waals surface area contributed by atoms with E-state index >= 15 is 0 Å². The number of hydrogen-bond acceptors (Lipinski definition) is 6. The molecule has 6 nitrogen and oxygen atoms in total. The molecule has 2 aromatic rings. The largest absolute Gasteiger partial charge is 0.340 e. The molecule has 0 unspecified atom stereocenters. The second-order valence-corrected chi connectivity index (χ2v) is 8.81. The van der Waals surface area contributed by atoms with Crippen LogP contribution in [0.3, 0.4) is 0 Å². The Labute approximate surface area is 173 Å². The van der Waals surface area contributed by atoms with E-state index in [0.29, 0.717) is 6.42 Å². The summed E-state index contributed by atoms with van der Waals surface area (Å²) < 4.78 is 2.40.